The van der Waals surface area contributed by atoms with E-state index in [1.807, 2.05) is 0 Å². The SMILES string of the molecule is C=C(OC(=O)c1ccc(Cl)cc1)C1=C(OC(=O)c2ccc(Cl)cc2)C=C2Oc3c(C(C)=O)c(O)c(C)c(O)c3[C@@]2(C)C1=O. The lowest BCUT2D eigenvalue weighted by atomic mass is 9.71. The quantitative estimate of drug-likeness (QED) is 0.179. The van der Waals surface area contributed by atoms with Crippen molar-refractivity contribution in [1.29, 1.82) is 0 Å². The van der Waals surface area contributed by atoms with E-state index in [-0.39, 0.29) is 45.1 Å². The summed E-state index contributed by atoms with van der Waals surface area (Å²) in [5.74, 6) is -5.36. The molecular weight excluding hydrogens is 599 g/mol. The first-order valence-corrected chi connectivity index (χ1v) is 13.4. The van der Waals surface area contributed by atoms with Gasteiger partial charge in [-0.2, -0.15) is 0 Å². The van der Waals surface area contributed by atoms with Gasteiger partial charge in [0.1, 0.15) is 51.1 Å². The van der Waals surface area contributed by atoms with Gasteiger partial charge in [0.05, 0.1) is 16.7 Å². The second-order valence-electron chi connectivity index (χ2n) is 9.98. The van der Waals surface area contributed by atoms with Crippen molar-refractivity contribution in [3.63, 3.8) is 0 Å². The molecule has 3 aromatic rings. The van der Waals surface area contributed by atoms with Gasteiger partial charge in [0.2, 0.25) is 0 Å². The summed E-state index contributed by atoms with van der Waals surface area (Å²) in [4.78, 5) is 52.9. The molecule has 0 radical (unpaired) electrons. The summed E-state index contributed by atoms with van der Waals surface area (Å²) in [5, 5.41) is 22.5. The molecule has 3 aromatic carbocycles. The second kappa shape index (κ2) is 10.8. The van der Waals surface area contributed by atoms with E-state index >= 15 is 0 Å². The van der Waals surface area contributed by atoms with Crippen LogP contribution in [-0.4, -0.2) is 33.7 Å². The largest absolute Gasteiger partial charge is 0.507 e. The van der Waals surface area contributed by atoms with Crippen molar-refractivity contribution in [2.24, 2.45) is 0 Å². The van der Waals surface area contributed by atoms with Crippen LogP contribution in [0.5, 0.6) is 17.2 Å². The average Bonchev–Trinajstić information content (AvgIpc) is 3.25. The average molecular weight is 621 g/mol. The third kappa shape index (κ3) is 4.86. The Bertz CT molecular complexity index is 1830. The van der Waals surface area contributed by atoms with Crippen LogP contribution in [0.2, 0.25) is 10.0 Å². The summed E-state index contributed by atoms with van der Waals surface area (Å²) in [6.07, 6.45) is 1.21. The van der Waals surface area contributed by atoms with Gasteiger partial charge in [-0.1, -0.05) is 29.8 Å². The van der Waals surface area contributed by atoms with Crippen LogP contribution in [0.1, 0.15) is 56.0 Å². The highest BCUT2D eigenvalue weighted by Gasteiger charge is 2.56. The van der Waals surface area contributed by atoms with Gasteiger partial charge < -0.3 is 24.4 Å². The smallest absolute Gasteiger partial charge is 0.343 e. The molecule has 11 heteroatoms. The van der Waals surface area contributed by atoms with Crippen molar-refractivity contribution in [2.75, 3.05) is 0 Å². The lowest BCUT2D eigenvalue weighted by molar-refractivity contribution is -0.119. The predicted octanol–water partition coefficient (Wildman–Crippen LogP) is 6.51. The van der Waals surface area contributed by atoms with E-state index in [0.29, 0.717) is 10.0 Å². The molecule has 43 heavy (non-hydrogen) atoms. The van der Waals surface area contributed by atoms with Crippen LogP contribution in [0.3, 0.4) is 0 Å². The molecule has 0 fully saturated rings. The summed E-state index contributed by atoms with van der Waals surface area (Å²) < 4.78 is 17.0. The van der Waals surface area contributed by atoms with Gasteiger partial charge in [-0.25, -0.2) is 9.59 Å². The Morgan fingerprint density at radius 3 is 1.98 bits per heavy atom. The summed E-state index contributed by atoms with van der Waals surface area (Å²) in [6.45, 7) is 7.75. The highest BCUT2D eigenvalue weighted by Crippen LogP contribution is 2.58. The Morgan fingerprint density at radius 1 is 0.907 bits per heavy atom. The molecule has 2 aliphatic rings. The number of aromatic hydroxyl groups is 2. The van der Waals surface area contributed by atoms with Gasteiger partial charge >= 0.3 is 11.9 Å². The molecule has 9 nitrogen and oxygen atoms in total. The number of allylic oxidation sites excluding steroid dienone is 3. The second-order valence-corrected chi connectivity index (χ2v) is 10.9. The van der Waals surface area contributed by atoms with Crippen LogP contribution in [0, 0.1) is 6.92 Å². The number of carbonyl (C=O) groups excluding carboxylic acids is 4. The van der Waals surface area contributed by atoms with Crippen molar-refractivity contribution in [1.82, 2.24) is 0 Å². The molecule has 5 rings (SSSR count). The van der Waals surface area contributed by atoms with E-state index < -0.39 is 51.8 Å². The number of esters is 2. The van der Waals surface area contributed by atoms with Crippen LogP contribution < -0.4 is 4.74 Å². The Morgan fingerprint density at radius 2 is 1.44 bits per heavy atom. The zero-order valence-corrected chi connectivity index (χ0v) is 24.4. The van der Waals surface area contributed by atoms with Gasteiger partial charge in [0.25, 0.3) is 0 Å². The molecule has 1 atom stereocenters. The number of carbonyl (C=O) groups is 4. The number of halogens is 2. The fourth-order valence-corrected chi connectivity index (χ4v) is 5.16. The zero-order valence-electron chi connectivity index (χ0n) is 22.9. The number of benzene rings is 3. The number of rotatable bonds is 6. The Kier molecular flexibility index (Phi) is 7.41. The predicted molar refractivity (Wildman–Crippen MR) is 155 cm³/mol. The monoisotopic (exact) mass is 620 g/mol. The Labute approximate surface area is 255 Å². The molecule has 0 aromatic heterocycles. The van der Waals surface area contributed by atoms with Crippen molar-refractivity contribution in [3.05, 3.63) is 122 Å². The first-order chi connectivity index (χ1) is 20.2. The van der Waals surface area contributed by atoms with Gasteiger partial charge in [0.15, 0.2) is 11.6 Å². The molecule has 218 valence electrons. The highest BCUT2D eigenvalue weighted by atomic mass is 35.5. The number of Topliss-reactive ketones (excluding diaryl/α,β-unsaturated/α-hetero) is 2. The molecular formula is C32H22Cl2O9. The van der Waals surface area contributed by atoms with Crippen molar-refractivity contribution < 1.29 is 43.6 Å². The molecule has 0 spiro atoms. The first-order valence-electron chi connectivity index (χ1n) is 12.7. The number of hydrogen-bond acceptors (Lipinski definition) is 9. The van der Waals surface area contributed by atoms with Crippen molar-refractivity contribution in [3.8, 4) is 17.2 Å². The number of fused-ring (bicyclic) bond motifs is 3. The van der Waals surface area contributed by atoms with E-state index in [9.17, 15) is 29.4 Å². The lowest BCUT2D eigenvalue weighted by Gasteiger charge is -2.30. The molecule has 1 aliphatic heterocycles. The molecule has 0 unspecified atom stereocenters. The van der Waals surface area contributed by atoms with Gasteiger partial charge in [0, 0.05) is 21.7 Å². The van der Waals surface area contributed by atoms with E-state index in [1.165, 1.54) is 75.4 Å². The molecule has 2 N–H and O–H groups in total. The number of ether oxygens (including phenoxy) is 3. The fraction of sp³-hybridized carbons (Fsp3) is 0.125. The summed E-state index contributed by atoms with van der Waals surface area (Å²) in [6, 6.07) is 11.5. The van der Waals surface area contributed by atoms with Crippen LogP contribution in [-0.2, 0) is 19.7 Å². The third-order valence-corrected chi connectivity index (χ3v) is 7.75. The third-order valence-electron chi connectivity index (χ3n) is 7.24. The van der Waals surface area contributed by atoms with E-state index in [0.717, 1.165) is 0 Å². The number of hydrogen-bond donors (Lipinski definition) is 2. The zero-order chi connectivity index (χ0) is 31.4. The lowest BCUT2D eigenvalue weighted by Crippen LogP contribution is -2.38. The van der Waals surface area contributed by atoms with Crippen LogP contribution in [0.4, 0.5) is 0 Å². The Hall–Kier alpha value is -4.86. The van der Waals surface area contributed by atoms with Crippen molar-refractivity contribution >= 4 is 46.7 Å². The molecule has 0 bridgehead atoms. The summed E-state index contributed by atoms with van der Waals surface area (Å²) in [5.41, 5.74) is -2.41. The molecule has 0 amide bonds. The summed E-state index contributed by atoms with van der Waals surface area (Å²) >= 11 is 11.8. The number of phenolic OH excluding ortho intramolecular Hbond substituents is 2. The van der Waals surface area contributed by atoms with Gasteiger partial charge in [-0.3, -0.25) is 9.59 Å². The fourth-order valence-electron chi connectivity index (χ4n) is 4.90. The maximum atomic E-state index is 14.4. The van der Waals surface area contributed by atoms with Crippen LogP contribution >= 0.6 is 23.2 Å². The Balaban J connectivity index is 1.65. The number of ketones is 2. The topological polar surface area (TPSA) is 136 Å². The molecule has 0 saturated heterocycles. The minimum atomic E-state index is -1.80. The molecule has 1 heterocycles. The molecule has 1 aliphatic carbocycles. The normalized spacial score (nSPS) is 17.0. The van der Waals surface area contributed by atoms with Crippen LogP contribution in [0.25, 0.3) is 0 Å². The molecule has 0 saturated carbocycles. The standard InChI is InChI=1S/C32H22Cl2O9/c1-14-26(36)23(15(2)35)28-25(27(14)37)32(4)22(43-28)13-21(42-31(40)18-7-11-20(34)12-8-18)24(29(32)38)16(3)41-30(39)17-5-9-19(33)10-6-17/h5-13,36-37H,3H2,1-2,4H3/t32-/m0/s1. The van der Waals surface area contributed by atoms with Gasteiger partial charge in [-0.15, -0.1) is 0 Å². The maximum absolute atomic E-state index is 14.4. The minimum absolute atomic E-state index is 0.0543. The van der Waals surface area contributed by atoms with Crippen LogP contribution in [0.15, 0.2) is 84.0 Å². The number of phenols is 2. The van der Waals surface area contributed by atoms with E-state index in [4.69, 9.17) is 37.4 Å². The van der Waals surface area contributed by atoms with E-state index in [1.54, 1.807) is 0 Å². The maximum Gasteiger partial charge on any atom is 0.343 e. The highest BCUT2D eigenvalue weighted by molar-refractivity contribution is 6.31. The summed E-state index contributed by atoms with van der Waals surface area (Å²) in [7, 11) is 0. The first kappa shape index (κ1) is 29.6. The minimum Gasteiger partial charge on any atom is -0.507 e. The van der Waals surface area contributed by atoms with Gasteiger partial charge in [-0.05, 0) is 69.3 Å². The van der Waals surface area contributed by atoms with E-state index in [2.05, 4.69) is 6.58 Å². The van der Waals surface area contributed by atoms with Crippen molar-refractivity contribution in [2.45, 2.75) is 26.2 Å².